The molecule has 0 amide bonds. The van der Waals surface area contributed by atoms with Crippen LogP contribution in [-0.4, -0.2) is 70.9 Å². The summed E-state index contributed by atoms with van der Waals surface area (Å²) in [4.78, 5) is 9.32. The van der Waals surface area contributed by atoms with Gasteiger partial charge >= 0.3 is 0 Å². The fraction of sp³-hybridized carbons (Fsp3) is 0.435. The summed E-state index contributed by atoms with van der Waals surface area (Å²) in [5.74, 6) is 2.12. The molecule has 0 aliphatic carbocycles. The van der Waals surface area contributed by atoms with E-state index in [1.165, 1.54) is 5.69 Å². The van der Waals surface area contributed by atoms with Crippen LogP contribution in [0.25, 0.3) is 0 Å². The number of anilines is 2. The number of para-hydroxylation sites is 1. The van der Waals surface area contributed by atoms with Crippen molar-refractivity contribution >= 4 is 17.3 Å². The van der Waals surface area contributed by atoms with Gasteiger partial charge in [0.05, 0.1) is 14.2 Å². The third-order valence-electron chi connectivity index (χ3n) is 5.49. The predicted molar refractivity (Wildman–Crippen MR) is 124 cm³/mol. The number of rotatable bonds is 7. The zero-order chi connectivity index (χ0) is 21.3. The molecule has 2 aromatic carbocycles. The molecule has 7 nitrogen and oxygen atoms in total. The van der Waals surface area contributed by atoms with Gasteiger partial charge in [-0.15, -0.1) is 0 Å². The maximum atomic E-state index is 5.37. The lowest BCUT2D eigenvalue weighted by molar-refractivity contribution is 0.197. The second-order valence-corrected chi connectivity index (χ2v) is 7.36. The van der Waals surface area contributed by atoms with E-state index in [9.17, 15) is 0 Å². The van der Waals surface area contributed by atoms with Crippen molar-refractivity contribution in [1.29, 1.82) is 0 Å². The minimum Gasteiger partial charge on any atom is -0.493 e. The van der Waals surface area contributed by atoms with Crippen molar-refractivity contribution in [3.05, 3.63) is 48.5 Å². The number of hydrogen-bond acceptors (Lipinski definition) is 5. The number of benzene rings is 2. The number of nitrogens with zero attached hydrogens (tertiary/aromatic N) is 3. The number of guanidine groups is 1. The Balaban J connectivity index is 1.48. The molecular formula is C23H33N5O2. The van der Waals surface area contributed by atoms with Crippen molar-refractivity contribution in [2.24, 2.45) is 4.99 Å². The van der Waals surface area contributed by atoms with Gasteiger partial charge in [0, 0.05) is 63.3 Å². The summed E-state index contributed by atoms with van der Waals surface area (Å²) < 4.78 is 10.7. The van der Waals surface area contributed by atoms with Crippen LogP contribution in [-0.2, 0) is 0 Å². The normalized spacial score (nSPS) is 16.1. The minimum absolute atomic E-state index is 0.409. The molecule has 0 aromatic heterocycles. The number of nitrogens with one attached hydrogen (secondary N) is 2. The summed E-state index contributed by atoms with van der Waals surface area (Å²) in [6.45, 7) is 7.28. The molecule has 2 N–H and O–H groups in total. The molecule has 1 unspecified atom stereocenters. The van der Waals surface area contributed by atoms with Crippen molar-refractivity contribution in [3.8, 4) is 11.5 Å². The van der Waals surface area contributed by atoms with Crippen LogP contribution in [0.3, 0.4) is 0 Å². The van der Waals surface area contributed by atoms with E-state index in [4.69, 9.17) is 9.47 Å². The average molecular weight is 412 g/mol. The van der Waals surface area contributed by atoms with Crippen LogP contribution in [0.2, 0.25) is 0 Å². The summed E-state index contributed by atoms with van der Waals surface area (Å²) in [5.41, 5.74) is 2.20. The van der Waals surface area contributed by atoms with E-state index in [0.29, 0.717) is 17.5 Å². The van der Waals surface area contributed by atoms with Gasteiger partial charge in [-0.1, -0.05) is 18.2 Å². The summed E-state index contributed by atoms with van der Waals surface area (Å²) >= 11 is 0. The van der Waals surface area contributed by atoms with E-state index in [1.54, 1.807) is 21.3 Å². The SMILES string of the molecule is CN=C(NCC(C)N1CCN(c2ccccc2)CC1)Nc1ccc(OC)c(OC)c1. The molecule has 30 heavy (non-hydrogen) atoms. The van der Waals surface area contributed by atoms with E-state index >= 15 is 0 Å². The Hall–Kier alpha value is -2.93. The highest BCUT2D eigenvalue weighted by Gasteiger charge is 2.21. The van der Waals surface area contributed by atoms with Gasteiger partial charge < -0.3 is 25.0 Å². The summed E-state index contributed by atoms with van der Waals surface area (Å²) in [6.07, 6.45) is 0. The molecule has 1 aliphatic rings. The molecule has 1 fully saturated rings. The van der Waals surface area contributed by atoms with E-state index in [1.807, 2.05) is 18.2 Å². The fourth-order valence-electron chi connectivity index (χ4n) is 3.66. The Morgan fingerprint density at radius 2 is 1.70 bits per heavy atom. The number of aliphatic imine (C=N–C) groups is 1. The fourth-order valence-corrected chi connectivity index (χ4v) is 3.66. The third-order valence-corrected chi connectivity index (χ3v) is 5.49. The molecule has 1 atom stereocenters. The Labute approximate surface area is 179 Å². The average Bonchev–Trinajstić information content (AvgIpc) is 2.82. The van der Waals surface area contributed by atoms with Gasteiger partial charge in [0.2, 0.25) is 0 Å². The molecule has 3 rings (SSSR count). The molecule has 0 spiro atoms. The highest BCUT2D eigenvalue weighted by Crippen LogP contribution is 2.29. The maximum absolute atomic E-state index is 5.37. The monoisotopic (exact) mass is 411 g/mol. The molecule has 0 bridgehead atoms. The van der Waals surface area contributed by atoms with Gasteiger partial charge in [-0.2, -0.15) is 0 Å². The second-order valence-electron chi connectivity index (χ2n) is 7.36. The molecule has 1 aliphatic heterocycles. The lowest BCUT2D eigenvalue weighted by Gasteiger charge is -2.39. The third kappa shape index (κ3) is 5.57. The summed E-state index contributed by atoms with van der Waals surface area (Å²) in [6, 6.07) is 16.8. The Morgan fingerprint density at radius 3 is 2.33 bits per heavy atom. The van der Waals surface area contributed by atoms with E-state index in [2.05, 4.69) is 62.7 Å². The van der Waals surface area contributed by atoms with Crippen molar-refractivity contribution < 1.29 is 9.47 Å². The zero-order valence-electron chi connectivity index (χ0n) is 18.4. The van der Waals surface area contributed by atoms with Gasteiger partial charge in [-0.25, -0.2) is 0 Å². The Kier molecular flexibility index (Phi) is 7.79. The summed E-state index contributed by atoms with van der Waals surface area (Å²) in [5, 5.41) is 6.75. The number of piperazine rings is 1. The molecule has 0 saturated carbocycles. The molecule has 2 aromatic rings. The summed E-state index contributed by atoms with van der Waals surface area (Å²) in [7, 11) is 5.04. The van der Waals surface area contributed by atoms with Crippen LogP contribution < -0.4 is 25.0 Å². The van der Waals surface area contributed by atoms with Crippen LogP contribution >= 0.6 is 0 Å². The number of hydrogen-bond donors (Lipinski definition) is 2. The largest absolute Gasteiger partial charge is 0.493 e. The van der Waals surface area contributed by atoms with Crippen LogP contribution in [0.5, 0.6) is 11.5 Å². The lowest BCUT2D eigenvalue weighted by atomic mass is 10.2. The number of ether oxygens (including phenoxy) is 2. The highest BCUT2D eigenvalue weighted by atomic mass is 16.5. The number of methoxy groups -OCH3 is 2. The van der Waals surface area contributed by atoms with Gasteiger partial charge in [0.1, 0.15) is 0 Å². The van der Waals surface area contributed by atoms with Crippen molar-refractivity contribution in [2.75, 3.05) is 64.2 Å². The van der Waals surface area contributed by atoms with E-state index in [-0.39, 0.29) is 0 Å². The lowest BCUT2D eigenvalue weighted by Crippen LogP contribution is -2.52. The zero-order valence-corrected chi connectivity index (χ0v) is 18.4. The smallest absolute Gasteiger partial charge is 0.195 e. The van der Waals surface area contributed by atoms with E-state index < -0.39 is 0 Å². The predicted octanol–water partition coefficient (Wildman–Crippen LogP) is 2.90. The molecule has 1 heterocycles. The van der Waals surface area contributed by atoms with Crippen molar-refractivity contribution in [3.63, 3.8) is 0 Å². The van der Waals surface area contributed by atoms with Crippen LogP contribution in [0.1, 0.15) is 6.92 Å². The van der Waals surface area contributed by atoms with Gasteiger partial charge in [0.15, 0.2) is 17.5 Å². The molecule has 1 saturated heterocycles. The topological polar surface area (TPSA) is 61.4 Å². The second kappa shape index (κ2) is 10.7. The molecule has 7 heteroatoms. The van der Waals surface area contributed by atoms with Crippen LogP contribution in [0.15, 0.2) is 53.5 Å². The molecular weight excluding hydrogens is 378 g/mol. The standard InChI is InChI=1S/C23H33N5O2/c1-18(27-12-14-28(15-13-27)20-8-6-5-7-9-20)17-25-23(24-2)26-19-10-11-21(29-3)22(16-19)30-4/h5-11,16,18H,12-15,17H2,1-4H3,(H2,24,25,26). The Morgan fingerprint density at radius 1 is 1.00 bits per heavy atom. The first kappa shape index (κ1) is 21.8. The Bertz CT molecular complexity index is 820. The van der Waals surface area contributed by atoms with E-state index in [0.717, 1.165) is 44.4 Å². The molecule has 0 radical (unpaired) electrons. The van der Waals surface area contributed by atoms with Gasteiger partial charge in [-0.3, -0.25) is 9.89 Å². The van der Waals surface area contributed by atoms with Crippen molar-refractivity contribution in [2.45, 2.75) is 13.0 Å². The first-order valence-corrected chi connectivity index (χ1v) is 10.4. The first-order valence-electron chi connectivity index (χ1n) is 10.4. The van der Waals surface area contributed by atoms with Gasteiger partial charge in [-0.05, 0) is 31.2 Å². The maximum Gasteiger partial charge on any atom is 0.195 e. The highest BCUT2D eigenvalue weighted by molar-refractivity contribution is 5.93. The van der Waals surface area contributed by atoms with Crippen LogP contribution in [0, 0.1) is 0 Å². The van der Waals surface area contributed by atoms with Gasteiger partial charge in [0.25, 0.3) is 0 Å². The van der Waals surface area contributed by atoms with Crippen molar-refractivity contribution in [1.82, 2.24) is 10.2 Å². The molecule has 162 valence electrons. The van der Waals surface area contributed by atoms with Crippen LogP contribution in [0.4, 0.5) is 11.4 Å². The first-order chi connectivity index (χ1) is 14.6. The quantitative estimate of drug-likeness (QED) is 0.540. The minimum atomic E-state index is 0.409.